The first kappa shape index (κ1) is 12.8. The number of nitrogen functional groups attached to an aromatic ring is 1. The molecule has 1 aromatic carbocycles. The molecule has 0 saturated heterocycles. The van der Waals surface area contributed by atoms with E-state index in [1.807, 2.05) is 54.2 Å². The van der Waals surface area contributed by atoms with Gasteiger partial charge in [0.1, 0.15) is 0 Å². The summed E-state index contributed by atoms with van der Waals surface area (Å²) in [6.07, 6.45) is 3.81. The summed E-state index contributed by atoms with van der Waals surface area (Å²) in [7, 11) is 1.98. The number of nitrogens with one attached hydrogen (secondary N) is 1. The van der Waals surface area contributed by atoms with Crippen molar-refractivity contribution in [3.8, 4) is 0 Å². The zero-order valence-corrected chi connectivity index (χ0v) is 11.6. The van der Waals surface area contributed by atoms with Gasteiger partial charge in [-0.2, -0.15) is 0 Å². The number of rotatable bonds is 4. The van der Waals surface area contributed by atoms with Crippen molar-refractivity contribution in [2.24, 2.45) is 7.05 Å². The Morgan fingerprint density at radius 1 is 1.30 bits per heavy atom. The summed E-state index contributed by atoms with van der Waals surface area (Å²) >= 11 is 0. The van der Waals surface area contributed by atoms with Crippen LogP contribution in [0.4, 0.5) is 5.69 Å². The molecule has 0 aliphatic heterocycles. The van der Waals surface area contributed by atoms with E-state index in [0.717, 1.165) is 29.8 Å². The van der Waals surface area contributed by atoms with E-state index in [4.69, 9.17) is 5.73 Å². The van der Waals surface area contributed by atoms with Gasteiger partial charge >= 0.3 is 0 Å². The molecule has 0 unspecified atom stereocenters. The predicted octanol–water partition coefficient (Wildman–Crippen LogP) is 1.96. The maximum Gasteiger partial charge on any atom is 0.230 e. The van der Waals surface area contributed by atoms with Crippen LogP contribution in [0, 0.1) is 0 Å². The fourth-order valence-electron chi connectivity index (χ4n) is 2.59. The number of benzene rings is 1. The van der Waals surface area contributed by atoms with E-state index in [9.17, 15) is 4.79 Å². The van der Waals surface area contributed by atoms with Crippen LogP contribution in [-0.4, -0.2) is 10.5 Å². The van der Waals surface area contributed by atoms with Crippen LogP contribution in [0.5, 0.6) is 0 Å². The van der Waals surface area contributed by atoms with Crippen molar-refractivity contribution >= 4 is 11.6 Å². The van der Waals surface area contributed by atoms with E-state index in [-0.39, 0.29) is 11.3 Å². The summed E-state index contributed by atoms with van der Waals surface area (Å²) in [6, 6.07) is 11.6. The van der Waals surface area contributed by atoms with E-state index in [1.54, 1.807) is 0 Å². The molecule has 0 atom stereocenters. The van der Waals surface area contributed by atoms with Gasteiger partial charge in [-0.25, -0.2) is 0 Å². The highest BCUT2D eigenvalue weighted by molar-refractivity contribution is 5.91. The van der Waals surface area contributed by atoms with Gasteiger partial charge < -0.3 is 15.6 Å². The molecule has 4 heteroatoms. The van der Waals surface area contributed by atoms with Crippen LogP contribution in [0.2, 0.25) is 0 Å². The van der Waals surface area contributed by atoms with E-state index in [0.29, 0.717) is 6.54 Å². The first-order valence-electron chi connectivity index (χ1n) is 6.86. The Morgan fingerprint density at radius 3 is 2.55 bits per heavy atom. The van der Waals surface area contributed by atoms with E-state index >= 15 is 0 Å². The number of aromatic nitrogens is 1. The van der Waals surface area contributed by atoms with Crippen molar-refractivity contribution in [3.63, 3.8) is 0 Å². The molecule has 1 aliphatic rings. The van der Waals surface area contributed by atoms with Crippen LogP contribution in [0.3, 0.4) is 0 Å². The molecule has 0 bridgehead atoms. The Hall–Kier alpha value is -2.23. The predicted molar refractivity (Wildman–Crippen MR) is 79.0 cm³/mol. The summed E-state index contributed by atoms with van der Waals surface area (Å²) in [4.78, 5) is 12.5. The molecule has 3 N–H and O–H groups in total. The van der Waals surface area contributed by atoms with E-state index in [1.165, 1.54) is 0 Å². The summed E-state index contributed by atoms with van der Waals surface area (Å²) < 4.78 is 2.02. The quantitative estimate of drug-likeness (QED) is 0.833. The van der Waals surface area contributed by atoms with Crippen LogP contribution >= 0.6 is 0 Å². The van der Waals surface area contributed by atoms with Crippen molar-refractivity contribution in [2.45, 2.75) is 24.8 Å². The Kier molecular flexibility index (Phi) is 3.01. The third-order valence-corrected chi connectivity index (χ3v) is 4.13. The van der Waals surface area contributed by atoms with Gasteiger partial charge in [0.15, 0.2) is 0 Å². The number of nitrogens with two attached hydrogens (primary N) is 1. The van der Waals surface area contributed by atoms with Gasteiger partial charge in [-0.15, -0.1) is 0 Å². The first-order valence-corrected chi connectivity index (χ1v) is 6.86. The monoisotopic (exact) mass is 269 g/mol. The van der Waals surface area contributed by atoms with Crippen molar-refractivity contribution < 1.29 is 4.79 Å². The SMILES string of the molecule is Cn1cccc1CNC(=O)C1(c2ccc(N)cc2)CC1. The molecule has 4 nitrogen and oxygen atoms in total. The van der Waals surface area contributed by atoms with Gasteiger partial charge in [0.25, 0.3) is 0 Å². The molecule has 0 spiro atoms. The second-order valence-electron chi connectivity index (χ2n) is 5.50. The number of hydrogen-bond acceptors (Lipinski definition) is 2. The summed E-state index contributed by atoms with van der Waals surface area (Å²) in [6.45, 7) is 0.569. The van der Waals surface area contributed by atoms with Crippen molar-refractivity contribution in [2.75, 3.05) is 5.73 Å². The Labute approximate surface area is 118 Å². The maximum absolute atomic E-state index is 12.5. The Balaban J connectivity index is 1.70. The van der Waals surface area contributed by atoms with Gasteiger partial charge in [-0.3, -0.25) is 4.79 Å². The molecule has 1 saturated carbocycles. The summed E-state index contributed by atoms with van der Waals surface area (Å²) in [5, 5.41) is 3.05. The average Bonchev–Trinajstić information content (AvgIpc) is 3.15. The minimum Gasteiger partial charge on any atom is -0.399 e. The number of hydrogen-bond donors (Lipinski definition) is 2. The normalized spacial score (nSPS) is 15.8. The number of aryl methyl sites for hydroxylation is 1. The smallest absolute Gasteiger partial charge is 0.230 e. The maximum atomic E-state index is 12.5. The summed E-state index contributed by atoms with van der Waals surface area (Å²) in [5.74, 6) is 0.114. The molecule has 1 aromatic heterocycles. The third-order valence-electron chi connectivity index (χ3n) is 4.13. The zero-order chi connectivity index (χ0) is 14.2. The fraction of sp³-hybridized carbons (Fsp3) is 0.312. The standard InChI is InChI=1S/C16H19N3O/c1-19-10-2-3-14(19)11-18-15(20)16(8-9-16)12-4-6-13(17)7-5-12/h2-7,10H,8-9,11,17H2,1H3,(H,18,20). The number of anilines is 1. The number of carbonyl (C=O) groups excluding carboxylic acids is 1. The molecular weight excluding hydrogens is 250 g/mol. The minimum absolute atomic E-state index is 0.114. The van der Waals surface area contributed by atoms with E-state index in [2.05, 4.69) is 5.32 Å². The second-order valence-corrected chi connectivity index (χ2v) is 5.50. The highest BCUT2D eigenvalue weighted by Gasteiger charge is 2.51. The van der Waals surface area contributed by atoms with Crippen molar-refractivity contribution in [1.82, 2.24) is 9.88 Å². The van der Waals surface area contributed by atoms with E-state index < -0.39 is 0 Å². The van der Waals surface area contributed by atoms with Crippen LogP contribution in [0.25, 0.3) is 0 Å². The number of carbonyl (C=O) groups is 1. The third kappa shape index (κ3) is 2.18. The molecule has 1 amide bonds. The van der Waals surface area contributed by atoms with Gasteiger partial charge in [-0.1, -0.05) is 12.1 Å². The van der Waals surface area contributed by atoms with Gasteiger partial charge in [-0.05, 0) is 42.7 Å². The van der Waals surface area contributed by atoms with Crippen LogP contribution in [0.15, 0.2) is 42.6 Å². The van der Waals surface area contributed by atoms with Gasteiger partial charge in [0.2, 0.25) is 5.91 Å². The summed E-state index contributed by atoms with van der Waals surface area (Å²) in [5.41, 5.74) is 8.27. The first-order chi connectivity index (χ1) is 9.62. The zero-order valence-electron chi connectivity index (χ0n) is 11.6. The van der Waals surface area contributed by atoms with Crippen molar-refractivity contribution in [3.05, 3.63) is 53.9 Å². The lowest BCUT2D eigenvalue weighted by Crippen LogP contribution is -2.34. The lowest BCUT2D eigenvalue weighted by atomic mass is 9.95. The largest absolute Gasteiger partial charge is 0.399 e. The number of amides is 1. The van der Waals surface area contributed by atoms with Crippen LogP contribution in [0.1, 0.15) is 24.1 Å². The highest BCUT2D eigenvalue weighted by Crippen LogP contribution is 2.48. The molecule has 104 valence electrons. The molecular formula is C16H19N3O. The van der Waals surface area contributed by atoms with Gasteiger partial charge in [0.05, 0.1) is 12.0 Å². The minimum atomic E-state index is -0.334. The lowest BCUT2D eigenvalue weighted by Gasteiger charge is -2.16. The highest BCUT2D eigenvalue weighted by atomic mass is 16.2. The molecule has 20 heavy (non-hydrogen) atoms. The molecule has 0 radical (unpaired) electrons. The average molecular weight is 269 g/mol. The molecule has 1 aliphatic carbocycles. The Morgan fingerprint density at radius 2 is 2.00 bits per heavy atom. The van der Waals surface area contributed by atoms with Crippen LogP contribution < -0.4 is 11.1 Å². The Bertz CT molecular complexity index is 623. The number of nitrogens with zero attached hydrogens (tertiary/aromatic N) is 1. The molecule has 3 rings (SSSR count). The molecule has 1 heterocycles. The molecule has 1 fully saturated rings. The van der Waals surface area contributed by atoms with Crippen LogP contribution in [-0.2, 0) is 23.8 Å². The second kappa shape index (κ2) is 4.71. The van der Waals surface area contributed by atoms with Gasteiger partial charge in [0, 0.05) is 24.6 Å². The molecule has 2 aromatic rings. The van der Waals surface area contributed by atoms with Crippen molar-refractivity contribution in [1.29, 1.82) is 0 Å². The topological polar surface area (TPSA) is 60.0 Å². The lowest BCUT2D eigenvalue weighted by molar-refractivity contribution is -0.123. The fourth-order valence-corrected chi connectivity index (χ4v) is 2.59.